The summed E-state index contributed by atoms with van der Waals surface area (Å²) in [5, 5.41) is 3.21. The molecule has 0 amide bonds. The van der Waals surface area contributed by atoms with E-state index in [1.54, 1.807) is 0 Å². The maximum Gasteiger partial charge on any atom is 0.403 e. The first-order chi connectivity index (χ1) is 11.4. The van der Waals surface area contributed by atoms with Gasteiger partial charge in [0.2, 0.25) is 0 Å². The van der Waals surface area contributed by atoms with Crippen LogP contribution in [-0.2, 0) is 9.47 Å². The lowest BCUT2D eigenvalue weighted by atomic mass is 10.2. The van der Waals surface area contributed by atoms with Crippen LogP contribution in [0.4, 0.5) is 13.2 Å². The summed E-state index contributed by atoms with van der Waals surface area (Å²) in [6.07, 6.45) is -4.24. The molecular weight excluding hydrogens is 452 g/mol. The molecule has 2 saturated heterocycles. The van der Waals surface area contributed by atoms with Gasteiger partial charge in [-0.25, -0.2) is 0 Å². The third-order valence-electron chi connectivity index (χ3n) is 4.30. The summed E-state index contributed by atoms with van der Waals surface area (Å²) in [4.78, 5) is 8.04. The summed E-state index contributed by atoms with van der Waals surface area (Å²) in [7, 11) is 0. The third-order valence-corrected chi connectivity index (χ3v) is 4.30. The predicted octanol–water partition coefficient (Wildman–Crippen LogP) is 1.55. The number of aliphatic imine (C=N–C) groups is 1. The zero-order valence-electron chi connectivity index (χ0n) is 14.7. The number of rotatable bonds is 4. The van der Waals surface area contributed by atoms with Gasteiger partial charge in [-0.05, 0) is 13.8 Å². The van der Waals surface area contributed by atoms with E-state index in [-0.39, 0.29) is 30.1 Å². The molecule has 0 aromatic rings. The minimum Gasteiger partial charge on any atom is -0.376 e. The molecule has 0 saturated carbocycles. The second-order valence-electron chi connectivity index (χ2n) is 6.00. The Bertz CT molecular complexity index is 412. The molecule has 0 radical (unpaired) electrons. The highest BCUT2D eigenvalue weighted by atomic mass is 127. The van der Waals surface area contributed by atoms with Gasteiger partial charge in [-0.15, -0.1) is 24.0 Å². The first-order valence-corrected chi connectivity index (χ1v) is 8.45. The van der Waals surface area contributed by atoms with Gasteiger partial charge in [0.05, 0.1) is 26.4 Å². The SMILES string of the molecule is CCNC(=NCC1COCCO1)N1CCN(C(C)C(F)(F)F)CC1.I. The molecule has 0 spiro atoms. The molecule has 2 rings (SSSR count). The van der Waals surface area contributed by atoms with E-state index in [2.05, 4.69) is 10.3 Å². The Morgan fingerprint density at radius 1 is 1.24 bits per heavy atom. The van der Waals surface area contributed by atoms with Crippen molar-refractivity contribution in [2.24, 2.45) is 4.99 Å². The van der Waals surface area contributed by atoms with Gasteiger partial charge in [0, 0.05) is 32.7 Å². The van der Waals surface area contributed by atoms with E-state index in [9.17, 15) is 13.2 Å². The average Bonchev–Trinajstić information content (AvgIpc) is 2.58. The number of hydrogen-bond donors (Lipinski definition) is 1. The summed E-state index contributed by atoms with van der Waals surface area (Å²) < 4.78 is 49.4. The first-order valence-electron chi connectivity index (χ1n) is 8.45. The van der Waals surface area contributed by atoms with Crippen molar-refractivity contribution >= 4 is 29.9 Å². The number of alkyl halides is 3. The van der Waals surface area contributed by atoms with E-state index in [1.165, 1.54) is 11.8 Å². The number of nitrogens with one attached hydrogen (secondary N) is 1. The largest absolute Gasteiger partial charge is 0.403 e. The maximum absolute atomic E-state index is 12.8. The lowest BCUT2D eigenvalue weighted by Crippen LogP contribution is -2.56. The van der Waals surface area contributed by atoms with Crippen LogP contribution in [0.1, 0.15) is 13.8 Å². The van der Waals surface area contributed by atoms with Crippen molar-refractivity contribution in [2.75, 3.05) is 59.1 Å². The van der Waals surface area contributed by atoms with Crippen LogP contribution < -0.4 is 5.32 Å². The number of ether oxygens (including phenoxy) is 2. The van der Waals surface area contributed by atoms with Crippen molar-refractivity contribution in [2.45, 2.75) is 32.2 Å². The fraction of sp³-hybridized carbons (Fsp3) is 0.933. The number of halogens is 4. The van der Waals surface area contributed by atoms with Crippen LogP contribution in [-0.4, -0.2) is 93.2 Å². The monoisotopic (exact) mass is 480 g/mol. The summed E-state index contributed by atoms with van der Waals surface area (Å²) in [5.74, 6) is 0.728. The van der Waals surface area contributed by atoms with Gasteiger partial charge in [0.25, 0.3) is 0 Å². The predicted molar refractivity (Wildman–Crippen MR) is 101 cm³/mol. The van der Waals surface area contributed by atoms with Gasteiger partial charge in [0.15, 0.2) is 5.96 Å². The number of hydrogen-bond acceptors (Lipinski definition) is 4. The molecule has 2 aliphatic rings. The van der Waals surface area contributed by atoms with Gasteiger partial charge in [-0.2, -0.15) is 13.2 Å². The lowest BCUT2D eigenvalue weighted by Gasteiger charge is -2.39. The van der Waals surface area contributed by atoms with E-state index in [1.807, 2.05) is 11.8 Å². The Labute approximate surface area is 164 Å². The van der Waals surface area contributed by atoms with E-state index >= 15 is 0 Å². The van der Waals surface area contributed by atoms with E-state index in [0.717, 1.165) is 5.96 Å². The molecule has 10 heteroatoms. The second-order valence-corrected chi connectivity index (χ2v) is 6.00. The van der Waals surface area contributed by atoms with Crippen molar-refractivity contribution in [1.29, 1.82) is 0 Å². The Morgan fingerprint density at radius 3 is 2.44 bits per heavy atom. The van der Waals surface area contributed by atoms with Crippen molar-refractivity contribution in [3.63, 3.8) is 0 Å². The molecule has 2 fully saturated rings. The molecule has 0 bridgehead atoms. The van der Waals surface area contributed by atoms with Gasteiger partial charge in [-0.1, -0.05) is 0 Å². The average molecular weight is 480 g/mol. The van der Waals surface area contributed by atoms with Crippen LogP contribution in [0.15, 0.2) is 4.99 Å². The van der Waals surface area contributed by atoms with E-state index in [4.69, 9.17) is 9.47 Å². The fourth-order valence-electron chi connectivity index (χ4n) is 2.78. The standard InChI is InChI=1S/C15H27F3N4O2.HI/c1-3-19-14(20-10-13-11-23-8-9-24-13)22-6-4-21(5-7-22)12(2)15(16,17)18;/h12-13H,3-11H2,1-2H3,(H,19,20);1H. The molecule has 148 valence electrons. The Kier molecular flexibility index (Phi) is 9.75. The number of guanidine groups is 1. The summed E-state index contributed by atoms with van der Waals surface area (Å²) in [6, 6.07) is -1.41. The molecule has 0 aliphatic carbocycles. The number of piperazine rings is 1. The highest BCUT2D eigenvalue weighted by Crippen LogP contribution is 2.25. The normalized spacial score (nSPS) is 24.6. The van der Waals surface area contributed by atoms with Gasteiger partial charge in [0.1, 0.15) is 12.1 Å². The minimum atomic E-state index is -4.18. The molecule has 2 unspecified atom stereocenters. The Morgan fingerprint density at radius 2 is 1.92 bits per heavy atom. The first kappa shape index (κ1) is 22.7. The molecule has 25 heavy (non-hydrogen) atoms. The molecule has 1 N–H and O–H groups in total. The van der Waals surface area contributed by atoms with Gasteiger partial charge < -0.3 is 19.7 Å². The van der Waals surface area contributed by atoms with Crippen LogP contribution in [0.3, 0.4) is 0 Å². The van der Waals surface area contributed by atoms with Crippen molar-refractivity contribution in [3.05, 3.63) is 0 Å². The molecule has 2 atom stereocenters. The fourth-order valence-corrected chi connectivity index (χ4v) is 2.78. The minimum absolute atomic E-state index is 0. The highest BCUT2D eigenvalue weighted by Gasteiger charge is 2.41. The molecular formula is C15H28F3IN4O2. The summed E-state index contributed by atoms with van der Waals surface area (Å²) in [5.41, 5.74) is 0. The Balaban J connectivity index is 0.00000312. The molecule has 0 aromatic heterocycles. The number of nitrogens with zero attached hydrogens (tertiary/aromatic N) is 3. The molecule has 2 aliphatic heterocycles. The zero-order valence-corrected chi connectivity index (χ0v) is 17.0. The maximum atomic E-state index is 12.8. The third kappa shape index (κ3) is 7.06. The second kappa shape index (κ2) is 10.7. The van der Waals surface area contributed by atoms with Crippen LogP contribution in [0.2, 0.25) is 0 Å². The summed E-state index contributed by atoms with van der Waals surface area (Å²) in [6.45, 7) is 7.88. The van der Waals surface area contributed by atoms with Crippen LogP contribution in [0.25, 0.3) is 0 Å². The van der Waals surface area contributed by atoms with Crippen molar-refractivity contribution in [1.82, 2.24) is 15.1 Å². The zero-order chi connectivity index (χ0) is 17.6. The van der Waals surface area contributed by atoms with Crippen LogP contribution in [0.5, 0.6) is 0 Å². The van der Waals surface area contributed by atoms with Gasteiger partial charge >= 0.3 is 6.18 Å². The molecule has 0 aromatic carbocycles. The van der Waals surface area contributed by atoms with Gasteiger partial charge in [-0.3, -0.25) is 9.89 Å². The van der Waals surface area contributed by atoms with E-state index < -0.39 is 12.2 Å². The molecule has 2 heterocycles. The van der Waals surface area contributed by atoms with Crippen molar-refractivity contribution < 1.29 is 22.6 Å². The van der Waals surface area contributed by atoms with Crippen LogP contribution >= 0.6 is 24.0 Å². The topological polar surface area (TPSA) is 49.3 Å². The highest BCUT2D eigenvalue weighted by molar-refractivity contribution is 14.0. The summed E-state index contributed by atoms with van der Waals surface area (Å²) >= 11 is 0. The quantitative estimate of drug-likeness (QED) is 0.376. The lowest BCUT2D eigenvalue weighted by molar-refractivity contribution is -0.181. The smallest absolute Gasteiger partial charge is 0.376 e. The molecule has 6 nitrogen and oxygen atoms in total. The van der Waals surface area contributed by atoms with E-state index in [0.29, 0.717) is 59.1 Å². The Hall–Kier alpha value is -0.330. The van der Waals surface area contributed by atoms with Crippen molar-refractivity contribution in [3.8, 4) is 0 Å². The van der Waals surface area contributed by atoms with Crippen LogP contribution in [0, 0.1) is 0 Å².